The minimum atomic E-state index is 0.0893. The summed E-state index contributed by atoms with van der Waals surface area (Å²) in [6, 6.07) is 23.1. The number of carbonyl (C=O) groups is 1. The minimum absolute atomic E-state index is 0.0893. The Balaban J connectivity index is 1.52. The van der Waals surface area contributed by atoms with E-state index in [9.17, 15) is 4.79 Å². The molecule has 4 aromatic rings. The van der Waals surface area contributed by atoms with Gasteiger partial charge in [-0.05, 0) is 48.7 Å². The van der Waals surface area contributed by atoms with Crippen molar-refractivity contribution in [1.29, 1.82) is 0 Å². The highest BCUT2D eigenvalue weighted by Gasteiger charge is 2.13. The highest BCUT2D eigenvalue weighted by Crippen LogP contribution is 2.19. The lowest BCUT2D eigenvalue weighted by atomic mass is 10.1. The molecule has 4 rings (SSSR count). The first kappa shape index (κ1) is 22.6. The van der Waals surface area contributed by atoms with Crippen molar-refractivity contribution in [2.24, 2.45) is 5.73 Å². The molecule has 0 saturated heterocycles. The molecule has 0 spiro atoms. The predicted octanol–water partition coefficient (Wildman–Crippen LogP) is 4.48. The minimum Gasteiger partial charge on any atom is -0.355 e. The van der Waals surface area contributed by atoms with Crippen LogP contribution in [0.15, 0.2) is 72.9 Å². The molecule has 2 aromatic carbocycles. The van der Waals surface area contributed by atoms with E-state index in [-0.39, 0.29) is 5.91 Å². The van der Waals surface area contributed by atoms with Crippen molar-refractivity contribution < 1.29 is 9.36 Å². The third kappa shape index (κ3) is 5.82. The first-order valence-electron chi connectivity index (χ1n) is 11.7. The average Bonchev–Trinajstić information content (AvgIpc) is 2.86. The van der Waals surface area contributed by atoms with Crippen LogP contribution in [0.25, 0.3) is 34.0 Å². The molecular formula is C28H31N4O+. The van der Waals surface area contributed by atoms with Crippen LogP contribution in [0, 0.1) is 0 Å². The monoisotopic (exact) mass is 439 g/mol. The number of rotatable bonds is 10. The molecule has 168 valence electrons. The SMILES string of the molecule is NCCNC(=O)CCCCC[n+]1c(/C=C/c2ccnc3ccccc23)ccc2ccccc21. The van der Waals surface area contributed by atoms with Gasteiger partial charge in [0.15, 0.2) is 0 Å². The Morgan fingerprint density at radius 2 is 1.79 bits per heavy atom. The van der Waals surface area contributed by atoms with Gasteiger partial charge in [-0.2, -0.15) is 4.57 Å². The number of nitrogens with zero attached hydrogens (tertiary/aromatic N) is 2. The van der Waals surface area contributed by atoms with Crippen molar-refractivity contribution in [1.82, 2.24) is 10.3 Å². The van der Waals surface area contributed by atoms with Gasteiger partial charge < -0.3 is 11.1 Å². The third-order valence-corrected chi connectivity index (χ3v) is 5.84. The van der Waals surface area contributed by atoms with Crippen LogP contribution >= 0.6 is 0 Å². The zero-order valence-corrected chi connectivity index (χ0v) is 18.9. The van der Waals surface area contributed by atoms with Crippen molar-refractivity contribution in [2.75, 3.05) is 13.1 Å². The van der Waals surface area contributed by atoms with Crippen LogP contribution in [-0.4, -0.2) is 24.0 Å². The molecule has 2 aromatic heterocycles. The fraction of sp³-hybridized carbons (Fsp3) is 0.250. The molecule has 0 aliphatic heterocycles. The van der Waals surface area contributed by atoms with Crippen LogP contribution in [0.4, 0.5) is 0 Å². The number of aryl methyl sites for hydroxylation is 1. The number of amides is 1. The van der Waals surface area contributed by atoms with Crippen LogP contribution in [0.3, 0.4) is 0 Å². The first-order valence-corrected chi connectivity index (χ1v) is 11.7. The van der Waals surface area contributed by atoms with E-state index in [1.165, 1.54) is 10.9 Å². The lowest BCUT2D eigenvalue weighted by molar-refractivity contribution is -0.673. The van der Waals surface area contributed by atoms with E-state index in [1.807, 2.05) is 24.4 Å². The Labute approximate surface area is 195 Å². The second kappa shape index (κ2) is 11.3. The molecule has 0 fully saturated rings. The third-order valence-electron chi connectivity index (χ3n) is 5.84. The van der Waals surface area contributed by atoms with Gasteiger partial charge in [-0.15, -0.1) is 0 Å². The molecule has 1 amide bonds. The van der Waals surface area contributed by atoms with E-state index >= 15 is 0 Å². The van der Waals surface area contributed by atoms with Crippen LogP contribution in [0.2, 0.25) is 0 Å². The van der Waals surface area contributed by atoms with E-state index < -0.39 is 0 Å². The molecule has 0 bridgehead atoms. The fourth-order valence-electron chi connectivity index (χ4n) is 4.14. The van der Waals surface area contributed by atoms with Gasteiger partial charge in [0.25, 0.3) is 0 Å². The van der Waals surface area contributed by atoms with Crippen LogP contribution in [0.5, 0.6) is 0 Å². The normalized spacial score (nSPS) is 11.4. The molecule has 5 heteroatoms. The number of unbranched alkanes of at least 4 members (excludes halogenated alkanes) is 2. The van der Waals surface area contributed by atoms with E-state index in [0.717, 1.165) is 48.0 Å². The maximum atomic E-state index is 11.8. The Hall–Kier alpha value is -3.57. The van der Waals surface area contributed by atoms with Crippen LogP contribution < -0.4 is 15.6 Å². The van der Waals surface area contributed by atoms with Crippen LogP contribution in [0.1, 0.15) is 36.9 Å². The molecule has 0 atom stereocenters. The molecular weight excluding hydrogens is 408 g/mol. The van der Waals surface area contributed by atoms with Gasteiger partial charge in [-0.3, -0.25) is 9.78 Å². The molecule has 0 aliphatic rings. The molecule has 0 saturated carbocycles. The van der Waals surface area contributed by atoms with Gasteiger partial charge in [0.2, 0.25) is 17.1 Å². The molecule has 3 N–H and O–H groups in total. The van der Waals surface area contributed by atoms with E-state index in [2.05, 4.69) is 75.6 Å². The summed E-state index contributed by atoms with van der Waals surface area (Å²) in [7, 11) is 0. The highest BCUT2D eigenvalue weighted by atomic mass is 16.1. The van der Waals surface area contributed by atoms with Crippen molar-refractivity contribution in [3.8, 4) is 0 Å². The summed E-state index contributed by atoms with van der Waals surface area (Å²) in [4.78, 5) is 16.3. The Morgan fingerprint density at radius 3 is 2.70 bits per heavy atom. The molecule has 0 unspecified atom stereocenters. The lowest BCUT2D eigenvalue weighted by Crippen LogP contribution is -2.38. The summed E-state index contributed by atoms with van der Waals surface area (Å²) in [6.07, 6.45) is 9.69. The van der Waals surface area contributed by atoms with E-state index in [0.29, 0.717) is 19.5 Å². The lowest BCUT2D eigenvalue weighted by Gasteiger charge is -2.06. The molecule has 0 aliphatic carbocycles. The van der Waals surface area contributed by atoms with Gasteiger partial charge in [0, 0.05) is 61.1 Å². The summed E-state index contributed by atoms with van der Waals surface area (Å²) in [5.74, 6) is 0.0893. The number of fused-ring (bicyclic) bond motifs is 2. The second-order valence-electron chi connectivity index (χ2n) is 8.17. The maximum absolute atomic E-state index is 11.8. The standard InChI is InChI=1S/C28H30N4O/c29-18-20-31-28(33)12-2-1-7-21-32-24(16-14-23-8-3-6-11-27(23)32)15-13-22-17-19-30-26-10-5-4-9-25(22)26/h3-6,8-11,13-17,19H,1-2,7,12,18,20-21,29H2/p+1/b15-13+. The fourth-order valence-corrected chi connectivity index (χ4v) is 4.14. The first-order chi connectivity index (χ1) is 16.3. The van der Waals surface area contributed by atoms with E-state index in [4.69, 9.17) is 5.73 Å². The van der Waals surface area contributed by atoms with Gasteiger partial charge >= 0.3 is 0 Å². The van der Waals surface area contributed by atoms with Gasteiger partial charge in [0.05, 0.1) is 5.52 Å². The predicted molar refractivity (Wildman–Crippen MR) is 135 cm³/mol. The number of aromatic nitrogens is 2. The molecule has 33 heavy (non-hydrogen) atoms. The van der Waals surface area contributed by atoms with Crippen LogP contribution in [-0.2, 0) is 11.3 Å². The number of hydrogen-bond donors (Lipinski definition) is 2. The van der Waals surface area contributed by atoms with Crippen molar-refractivity contribution >= 4 is 39.9 Å². The number of carbonyl (C=O) groups excluding carboxylic acids is 1. The van der Waals surface area contributed by atoms with Crippen molar-refractivity contribution in [3.05, 3.63) is 84.2 Å². The Kier molecular flexibility index (Phi) is 7.77. The summed E-state index contributed by atoms with van der Waals surface area (Å²) in [6.45, 7) is 1.94. The topological polar surface area (TPSA) is 71.9 Å². The molecule has 0 radical (unpaired) electrons. The van der Waals surface area contributed by atoms with E-state index in [1.54, 1.807) is 0 Å². The van der Waals surface area contributed by atoms with Gasteiger partial charge in [0.1, 0.15) is 6.54 Å². The quantitative estimate of drug-likeness (QED) is 0.283. The number of nitrogens with two attached hydrogens (primary N) is 1. The number of pyridine rings is 2. The van der Waals surface area contributed by atoms with Gasteiger partial charge in [-0.25, -0.2) is 0 Å². The summed E-state index contributed by atoms with van der Waals surface area (Å²) < 4.78 is 2.38. The Bertz CT molecular complexity index is 1260. The number of benzene rings is 2. The highest BCUT2D eigenvalue weighted by molar-refractivity contribution is 5.90. The Morgan fingerprint density at radius 1 is 0.939 bits per heavy atom. The maximum Gasteiger partial charge on any atom is 0.220 e. The van der Waals surface area contributed by atoms with Crippen molar-refractivity contribution in [3.63, 3.8) is 0 Å². The largest absolute Gasteiger partial charge is 0.355 e. The number of para-hydroxylation sites is 2. The average molecular weight is 440 g/mol. The summed E-state index contributed by atoms with van der Waals surface area (Å²) in [5, 5.41) is 5.21. The molecule has 5 nitrogen and oxygen atoms in total. The smallest absolute Gasteiger partial charge is 0.220 e. The second-order valence-corrected chi connectivity index (χ2v) is 8.17. The zero-order chi connectivity index (χ0) is 22.9. The summed E-state index contributed by atoms with van der Waals surface area (Å²) in [5.41, 5.74) is 9.98. The zero-order valence-electron chi connectivity index (χ0n) is 18.9. The number of nitrogens with one attached hydrogen (secondary N) is 1. The molecule has 2 heterocycles. The van der Waals surface area contributed by atoms with Gasteiger partial charge in [-0.1, -0.05) is 30.3 Å². The number of hydrogen-bond acceptors (Lipinski definition) is 3. The summed E-state index contributed by atoms with van der Waals surface area (Å²) >= 11 is 0. The van der Waals surface area contributed by atoms with Crippen molar-refractivity contribution in [2.45, 2.75) is 32.2 Å².